The van der Waals surface area contributed by atoms with E-state index >= 15 is 0 Å². The Morgan fingerprint density at radius 1 is 1.18 bits per heavy atom. The predicted octanol–water partition coefficient (Wildman–Crippen LogP) is 2.18. The molecule has 0 spiro atoms. The van der Waals surface area contributed by atoms with Crippen molar-refractivity contribution in [3.05, 3.63) is 12.7 Å². The first-order valence-corrected chi connectivity index (χ1v) is 6.82. The van der Waals surface area contributed by atoms with Crippen molar-refractivity contribution in [2.24, 2.45) is 5.92 Å². The minimum Gasteiger partial charge on any atom is -0.299 e. The summed E-state index contributed by atoms with van der Waals surface area (Å²) in [7, 11) is 0. The normalized spacial score (nSPS) is 27.6. The average Bonchev–Trinajstić information content (AvgIpc) is 2.80. The molecule has 1 aliphatic heterocycles. The fourth-order valence-corrected chi connectivity index (χ4v) is 2.61. The van der Waals surface area contributed by atoms with Crippen LogP contribution in [0.4, 0.5) is 0 Å². The van der Waals surface area contributed by atoms with Gasteiger partial charge in [0.15, 0.2) is 0 Å². The molecule has 2 atom stereocenters. The second kappa shape index (κ2) is 6.15. The smallest absolute Gasteiger partial charge is 0.137 e. The van der Waals surface area contributed by atoms with Crippen molar-refractivity contribution in [3.63, 3.8) is 0 Å². The van der Waals surface area contributed by atoms with Crippen molar-refractivity contribution < 1.29 is 0 Å². The van der Waals surface area contributed by atoms with E-state index in [1.54, 1.807) is 12.7 Å². The lowest BCUT2D eigenvalue weighted by molar-refractivity contribution is 0.158. The van der Waals surface area contributed by atoms with E-state index in [1.807, 2.05) is 4.68 Å². The Morgan fingerprint density at radius 3 is 2.82 bits per heavy atom. The SMILES string of the molecule is CC1CCCC(C)N(CCn2cncn2)CC1. The van der Waals surface area contributed by atoms with Crippen LogP contribution in [-0.2, 0) is 6.54 Å². The number of hydrogen-bond donors (Lipinski definition) is 0. The average molecular weight is 236 g/mol. The maximum atomic E-state index is 4.16. The van der Waals surface area contributed by atoms with Crippen LogP contribution < -0.4 is 0 Å². The summed E-state index contributed by atoms with van der Waals surface area (Å²) in [6.07, 6.45) is 8.86. The third-order valence-corrected chi connectivity index (χ3v) is 3.93. The van der Waals surface area contributed by atoms with E-state index in [4.69, 9.17) is 0 Å². The molecule has 1 aromatic rings. The summed E-state index contributed by atoms with van der Waals surface area (Å²) < 4.78 is 1.93. The van der Waals surface area contributed by atoms with Crippen molar-refractivity contribution in [1.82, 2.24) is 19.7 Å². The summed E-state index contributed by atoms with van der Waals surface area (Å²) >= 11 is 0. The van der Waals surface area contributed by atoms with E-state index in [-0.39, 0.29) is 0 Å². The lowest BCUT2D eigenvalue weighted by Crippen LogP contribution is -2.38. The van der Waals surface area contributed by atoms with Crippen LogP contribution in [0.2, 0.25) is 0 Å². The molecule has 1 fully saturated rings. The molecule has 0 N–H and O–H groups in total. The molecule has 96 valence electrons. The zero-order valence-corrected chi connectivity index (χ0v) is 11.0. The zero-order chi connectivity index (χ0) is 12.1. The summed E-state index contributed by atoms with van der Waals surface area (Å²) in [4.78, 5) is 6.59. The Bertz CT molecular complexity index is 309. The van der Waals surface area contributed by atoms with Gasteiger partial charge in [0.1, 0.15) is 12.7 Å². The molecule has 0 saturated carbocycles. The van der Waals surface area contributed by atoms with E-state index in [1.165, 1.54) is 32.2 Å². The first kappa shape index (κ1) is 12.6. The Labute approximate surface area is 104 Å². The number of nitrogens with zero attached hydrogens (tertiary/aromatic N) is 4. The maximum absolute atomic E-state index is 4.16. The van der Waals surface area contributed by atoms with E-state index in [9.17, 15) is 0 Å². The third-order valence-electron chi connectivity index (χ3n) is 3.93. The van der Waals surface area contributed by atoms with Gasteiger partial charge in [-0.05, 0) is 32.2 Å². The first-order chi connectivity index (χ1) is 8.25. The van der Waals surface area contributed by atoms with Gasteiger partial charge >= 0.3 is 0 Å². The van der Waals surface area contributed by atoms with E-state index in [0.717, 1.165) is 19.0 Å². The first-order valence-electron chi connectivity index (χ1n) is 6.82. The van der Waals surface area contributed by atoms with Gasteiger partial charge in [-0.2, -0.15) is 5.10 Å². The predicted molar refractivity (Wildman–Crippen MR) is 68.7 cm³/mol. The summed E-state index contributed by atoms with van der Waals surface area (Å²) in [5.74, 6) is 0.886. The molecule has 0 aliphatic carbocycles. The molecule has 0 aromatic carbocycles. The van der Waals surface area contributed by atoms with Crippen LogP contribution in [0.15, 0.2) is 12.7 Å². The molecule has 4 heteroatoms. The van der Waals surface area contributed by atoms with Crippen molar-refractivity contribution in [1.29, 1.82) is 0 Å². The summed E-state index contributed by atoms with van der Waals surface area (Å²) in [6, 6.07) is 0.714. The lowest BCUT2D eigenvalue weighted by Gasteiger charge is -2.32. The van der Waals surface area contributed by atoms with Crippen LogP contribution >= 0.6 is 0 Å². The second-order valence-electron chi connectivity index (χ2n) is 5.37. The highest BCUT2D eigenvalue weighted by Gasteiger charge is 2.18. The van der Waals surface area contributed by atoms with Gasteiger partial charge in [0.05, 0.1) is 6.54 Å². The van der Waals surface area contributed by atoms with E-state index in [0.29, 0.717) is 6.04 Å². The van der Waals surface area contributed by atoms with Gasteiger partial charge in [0.25, 0.3) is 0 Å². The molecule has 0 bridgehead atoms. The molecule has 2 heterocycles. The molecule has 2 rings (SSSR count). The molecule has 1 aliphatic rings. The highest BCUT2D eigenvalue weighted by atomic mass is 15.3. The highest BCUT2D eigenvalue weighted by Crippen LogP contribution is 2.20. The molecule has 2 unspecified atom stereocenters. The Kier molecular flexibility index (Phi) is 4.54. The number of likely N-dealkylation sites (tertiary alicyclic amines) is 1. The van der Waals surface area contributed by atoms with Gasteiger partial charge in [0, 0.05) is 12.6 Å². The minimum atomic E-state index is 0.714. The monoisotopic (exact) mass is 236 g/mol. The zero-order valence-electron chi connectivity index (χ0n) is 11.0. The number of hydrogen-bond acceptors (Lipinski definition) is 3. The minimum absolute atomic E-state index is 0.714. The molecule has 0 amide bonds. The lowest BCUT2D eigenvalue weighted by atomic mass is 9.95. The molecule has 4 nitrogen and oxygen atoms in total. The van der Waals surface area contributed by atoms with Crippen molar-refractivity contribution in [3.8, 4) is 0 Å². The van der Waals surface area contributed by atoms with Crippen molar-refractivity contribution >= 4 is 0 Å². The summed E-state index contributed by atoms with van der Waals surface area (Å²) in [5.41, 5.74) is 0. The van der Waals surface area contributed by atoms with Crippen LogP contribution in [0.25, 0.3) is 0 Å². The van der Waals surface area contributed by atoms with E-state index in [2.05, 4.69) is 28.8 Å². The van der Waals surface area contributed by atoms with Gasteiger partial charge in [-0.1, -0.05) is 19.8 Å². The molecule has 0 radical (unpaired) electrons. The maximum Gasteiger partial charge on any atom is 0.137 e. The topological polar surface area (TPSA) is 34.0 Å². The van der Waals surface area contributed by atoms with Crippen LogP contribution in [-0.4, -0.2) is 38.8 Å². The largest absolute Gasteiger partial charge is 0.299 e. The quantitative estimate of drug-likeness (QED) is 0.806. The van der Waals surface area contributed by atoms with Crippen LogP contribution in [0.5, 0.6) is 0 Å². The Balaban J connectivity index is 1.83. The summed E-state index contributed by atoms with van der Waals surface area (Å²) in [6.45, 7) is 8.02. The number of aromatic nitrogens is 3. The Hall–Kier alpha value is -0.900. The standard InChI is InChI=1S/C13H24N4/c1-12-4-3-5-13(2)16(7-6-12)8-9-17-11-14-10-15-17/h10-13H,3-9H2,1-2H3. The van der Waals surface area contributed by atoms with Crippen molar-refractivity contribution in [2.45, 2.75) is 52.1 Å². The van der Waals surface area contributed by atoms with Crippen LogP contribution in [0.1, 0.15) is 39.5 Å². The van der Waals surface area contributed by atoms with Crippen molar-refractivity contribution in [2.75, 3.05) is 13.1 Å². The van der Waals surface area contributed by atoms with Gasteiger partial charge < -0.3 is 0 Å². The van der Waals surface area contributed by atoms with Gasteiger partial charge in [-0.25, -0.2) is 4.98 Å². The highest BCUT2D eigenvalue weighted by molar-refractivity contribution is 4.73. The van der Waals surface area contributed by atoms with Crippen LogP contribution in [0, 0.1) is 5.92 Å². The molecule has 17 heavy (non-hydrogen) atoms. The van der Waals surface area contributed by atoms with Gasteiger partial charge in [0.2, 0.25) is 0 Å². The van der Waals surface area contributed by atoms with E-state index < -0.39 is 0 Å². The van der Waals surface area contributed by atoms with Gasteiger partial charge in [-0.15, -0.1) is 0 Å². The Morgan fingerprint density at radius 2 is 2.06 bits per heavy atom. The fraction of sp³-hybridized carbons (Fsp3) is 0.846. The summed E-state index contributed by atoms with van der Waals surface area (Å²) in [5, 5.41) is 4.16. The molecular weight excluding hydrogens is 212 g/mol. The van der Waals surface area contributed by atoms with Gasteiger partial charge in [-0.3, -0.25) is 9.58 Å². The molecule has 1 saturated heterocycles. The third kappa shape index (κ3) is 3.80. The fourth-order valence-electron chi connectivity index (χ4n) is 2.61. The molecular formula is C13H24N4. The molecule has 1 aromatic heterocycles. The number of rotatable bonds is 3. The van der Waals surface area contributed by atoms with Crippen LogP contribution in [0.3, 0.4) is 0 Å². The second-order valence-corrected chi connectivity index (χ2v) is 5.37.